The molecule has 2 heterocycles. The highest BCUT2D eigenvalue weighted by atomic mass is 32.1. The fourth-order valence-corrected chi connectivity index (χ4v) is 5.22. The number of aryl methyl sites for hydroxylation is 1. The Kier molecular flexibility index (Phi) is 1.87. The number of aromatic nitrogens is 2. The van der Waals surface area contributed by atoms with E-state index in [0.717, 1.165) is 5.01 Å². The largest absolute Gasteiger partial charge is 0.274 e. The number of carbonyl (C=O) groups is 2. The van der Waals surface area contributed by atoms with Gasteiger partial charge in [0.25, 0.3) is 0 Å². The van der Waals surface area contributed by atoms with Gasteiger partial charge in [0.05, 0.1) is 11.8 Å². The lowest BCUT2D eigenvalue weighted by Gasteiger charge is -2.37. The summed E-state index contributed by atoms with van der Waals surface area (Å²) in [5, 5.41) is 9.14. The van der Waals surface area contributed by atoms with Gasteiger partial charge in [-0.15, -0.1) is 10.2 Å². The maximum Gasteiger partial charge on any atom is 0.240 e. The van der Waals surface area contributed by atoms with Crippen molar-refractivity contribution in [3.05, 3.63) is 17.2 Å². The summed E-state index contributed by atoms with van der Waals surface area (Å²) in [7, 11) is 0. The summed E-state index contributed by atoms with van der Waals surface area (Å²) in [6.07, 6.45) is 5.55. The third kappa shape index (κ3) is 1.15. The number of nitrogens with zero attached hydrogens (tertiary/aromatic N) is 3. The first-order valence-electron chi connectivity index (χ1n) is 7.03. The van der Waals surface area contributed by atoms with E-state index in [4.69, 9.17) is 0 Å². The van der Waals surface area contributed by atoms with Crippen molar-refractivity contribution >= 4 is 28.3 Å². The number of anilines is 1. The summed E-state index contributed by atoms with van der Waals surface area (Å²) < 4.78 is 0. The molecule has 1 aliphatic heterocycles. The maximum absolute atomic E-state index is 12.7. The van der Waals surface area contributed by atoms with Gasteiger partial charge in [-0.1, -0.05) is 23.5 Å². The second-order valence-corrected chi connectivity index (χ2v) is 7.43. The Labute approximate surface area is 119 Å². The summed E-state index contributed by atoms with van der Waals surface area (Å²) in [6.45, 7) is 1.83. The minimum Gasteiger partial charge on any atom is -0.274 e. The third-order valence-electron chi connectivity index (χ3n) is 5.37. The van der Waals surface area contributed by atoms with Crippen LogP contribution >= 0.6 is 11.3 Å². The SMILES string of the molecule is Cc1nnc(N2C(=O)[C@@H]3[C@@H]4C=C[C@H]([C@H]5C[C@@H]45)[C@@H]3C2=O)s1. The van der Waals surface area contributed by atoms with Gasteiger partial charge >= 0.3 is 0 Å². The Morgan fingerprint density at radius 3 is 2.20 bits per heavy atom. The normalized spacial score (nSPS) is 44.0. The van der Waals surface area contributed by atoms with Gasteiger partial charge in [-0.05, 0) is 37.0 Å². The van der Waals surface area contributed by atoms with Crippen LogP contribution in [0.3, 0.4) is 0 Å². The van der Waals surface area contributed by atoms with Crippen LogP contribution in [0, 0.1) is 42.4 Å². The van der Waals surface area contributed by atoms with Crippen molar-refractivity contribution < 1.29 is 9.59 Å². The highest BCUT2D eigenvalue weighted by Gasteiger charge is 2.67. The molecule has 5 aliphatic rings. The molecule has 20 heavy (non-hydrogen) atoms. The molecule has 0 spiro atoms. The van der Waals surface area contributed by atoms with Crippen LogP contribution in [0.15, 0.2) is 12.2 Å². The first kappa shape index (κ1) is 11.1. The van der Waals surface area contributed by atoms with Crippen molar-refractivity contribution in [1.82, 2.24) is 10.2 Å². The van der Waals surface area contributed by atoms with E-state index >= 15 is 0 Å². The number of hydrogen-bond donors (Lipinski definition) is 0. The second kappa shape index (κ2) is 3.36. The Bertz CT molecular complexity index is 646. The molecule has 1 aromatic heterocycles. The number of allylic oxidation sites excluding steroid dienone is 2. The molecule has 3 fully saturated rings. The molecule has 2 amide bonds. The minimum absolute atomic E-state index is 0.0548. The summed E-state index contributed by atoms with van der Waals surface area (Å²) in [6, 6.07) is 0. The molecule has 0 aromatic carbocycles. The van der Waals surface area contributed by atoms with Crippen molar-refractivity contribution in [2.24, 2.45) is 35.5 Å². The number of rotatable bonds is 1. The van der Waals surface area contributed by atoms with Crippen molar-refractivity contribution in [3.63, 3.8) is 0 Å². The van der Waals surface area contributed by atoms with Crippen LogP contribution in [0.1, 0.15) is 11.4 Å². The molecule has 102 valence electrons. The van der Waals surface area contributed by atoms with Crippen LogP contribution in [0.4, 0.5) is 5.13 Å². The Morgan fingerprint density at radius 2 is 1.70 bits per heavy atom. The van der Waals surface area contributed by atoms with E-state index in [9.17, 15) is 9.59 Å². The minimum atomic E-state index is -0.148. The average molecular weight is 287 g/mol. The summed E-state index contributed by atoms with van der Waals surface area (Å²) >= 11 is 1.31. The van der Waals surface area contributed by atoms with E-state index < -0.39 is 0 Å². The number of amides is 2. The molecule has 5 nitrogen and oxygen atoms in total. The zero-order valence-electron chi connectivity index (χ0n) is 10.9. The molecule has 0 N–H and O–H groups in total. The van der Waals surface area contributed by atoms with Crippen LogP contribution in [0.5, 0.6) is 0 Å². The monoisotopic (exact) mass is 287 g/mol. The fraction of sp³-hybridized carbons (Fsp3) is 0.571. The molecular formula is C14H13N3O2S. The number of carbonyl (C=O) groups excluding carboxylic acids is 2. The molecule has 2 bridgehead atoms. The van der Waals surface area contributed by atoms with Crippen molar-refractivity contribution in [3.8, 4) is 0 Å². The van der Waals surface area contributed by atoms with Crippen LogP contribution in [0.2, 0.25) is 0 Å². The standard InChI is InChI=1S/C14H13N3O2S/c1-5-15-16-14(20-5)17-12(18)10-6-2-3-7(9-4-8(6)9)11(10)13(17)19/h2-3,6-11H,4H2,1H3/t6-,7-,8-,9+,10+,11-/m1/s1. The van der Waals surface area contributed by atoms with Gasteiger partial charge in [0.2, 0.25) is 16.9 Å². The fourth-order valence-electron chi connectivity index (χ4n) is 4.52. The highest BCUT2D eigenvalue weighted by Crippen LogP contribution is 2.65. The van der Waals surface area contributed by atoms with E-state index in [1.54, 1.807) is 0 Å². The molecule has 0 unspecified atom stereocenters. The topological polar surface area (TPSA) is 63.2 Å². The van der Waals surface area contributed by atoms with Crippen LogP contribution in [0.25, 0.3) is 0 Å². The lowest BCUT2D eigenvalue weighted by atomic mass is 9.63. The zero-order chi connectivity index (χ0) is 13.6. The van der Waals surface area contributed by atoms with Gasteiger partial charge in [-0.25, -0.2) is 4.90 Å². The van der Waals surface area contributed by atoms with Crippen molar-refractivity contribution in [2.75, 3.05) is 4.90 Å². The smallest absolute Gasteiger partial charge is 0.240 e. The van der Waals surface area contributed by atoms with E-state index in [2.05, 4.69) is 22.3 Å². The first-order chi connectivity index (χ1) is 9.66. The molecule has 6 rings (SSSR count). The van der Waals surface area contributed by atoms with Gasteiger partial charge in [0.1, 0.15) is 5.01 Å². The molecule has 4 aliphatic carbocycles. The predicted octanol–water partition coefficient (Wildman–Crippen LogP) is 1.40. The van der Waals surface area contributed by atoms with E-state index in [-0.39, 0.29) is 35.5 Å². The quantitative estimate of drug-likeness (QED) is 0.578. The molecule has 6 heteroatoms. The lowest BCUT2D eigenvalue weighted by molar-refractivity contribution is -0.124. The summed E-state index contributed by atoms with van der Waals surface area (Å²) in [5.74, 6) is 1.41. The molecule has 1 saturated heterocycles. The maximum atomic E-state index is 12.7. The Morgan fingerprint density at radius 1 is 1.10 bits per heavy atom. The second-order valence-electron chi connectivity index (χ2n) is 6.27. The van der Waals surface area contributed by atoms with Crippen LogP contribution in [-0.2, 0) is 9.59 Å². The first-order valence-corrected chi connectivity index (χ1v) is 7.84. The third-order valence-corrected chi connectivity index (χ3v) is 6.19. The van der Waals surface area contributed by atoms with E-state index in [1.807, 2.05) is 6.92 Å². The van der Waals surface area contributed by atoms with E-state index in [0.29, 0.717) is 17.0 Å². The summed E-state index contributed by atoms with van der Waals surface area (Å²) in [4.78, 5) is 26.8. The van der Waals surface area contributed by atoms with Gasteiger partial charge in [0.15, 0.2) is 0 Å². The average Bonchev–Trinajstić information content (AvgIpc) is 3.10. The van der Waals surface area contributed by atoms with Gasteiger partial charge in [-0.2, -0.15) is 0 Å². The van der Waals surface area contributed by atoms with Crippen molar-refractivity contribution in [1.29, 1.82) is 0 Å². The van der Waals surface area contributed by atoms with Crippen molar-refractivity contribution in [2.45, 2.75) is 13.3 Å². The summed E-state index contributed by atoms with van der Waals surface area (Å²) in [5.41, 5.74) is 0. The molecule has 6 atom stereocenters. The Balaban J connectivity index is 1.60. The van der Waals surface area contributed by atoms with Gasteiger partial charge in [-0.3, -0.25) is 9.59 Å². The van der Waals surface area contributed by atoms with Gasteiger partial charge < -0.3 is 0 Å². The molecule has 2 saturated carbocycles. The van der Waals surface area contributed by atoms with E-state index in [1.165, 1.54) is 22.7 Å². The predicted molar refractivity (Wildman–Crippen MR) is 71.8 cm³/mol. The molecular weight excluding hydrogens is 274 g/mol. The number of hydrogen-bond acceptors (Lipinski definition) is 5. The highest BCUT2D eigenvalue weighted by molar-refractivity contribution is 7.15. The van der Waals surface area contributed by atoms with Crippen LogP contribution < -0.4 is 4.90 Å². The molecule has 1 aromatic rings. The zero-order valence-corrected chi connectivity index (χ0v) is 11.7. The Hall–Kier alpha value is -1.56. The molecule has 0 radical (unpaired) electrons. The number of imide groups is 1. The van der Waals surface area contributed by atoms with Gasteiger partial charge in [0, 0.05) is 0 Å². The van der Waals surface area contributed by atoms with Crippen LogP contribution in [-0.4, -0.2) is 22.0 Å². The lowest BCUT2D eigenvalue weighted by Crippen LogP contribution is -2.40.